The maximum Gasteiger partial charge on any atom is 0.243 e. The van der Waals surface area contributed by atoms with Crippen molar-refractivity contribution in [3.63, 3.8) is 0 Å². The molecule has 0 aliphatic heterocycles. The number of rotatable bonds is 5. The Hall–Kier alpha value is 0.150. The van der Waals surface area contributed by atoms with Crippen LogP contribution in [0.4, 0.5) is 0 Å². The molecule has 1 aromatic rings. The molecular formula is C10H15BrCl2N2O2S. The first kappa shape index (κ1) is 18.1. The SMILES string of the molecule is CC(N)CCNS(=O)(=O)c1c(Cl)cccc1Br.Cl. The van der Waals surface area contributed by atoms with Gasteiger partial charge in [0.1, 0.15) is 4.90 Å². The van der Waals surface area contributed by atoms with E-state index in [0.717, 1.165) is 0 Å². The van der Waals surface area contributed by atoms with Crippen LogP contribution in [0.2, 0.25) is 5.02 Å². The molecule has 0 saturated heterocycles. The predicted molar refractivity (Wildman–Crippen MR) is 79.9 cm³/mol. The highest BCUT2D eigenvalue weighted by atomic mass is 79.9. The van der Waals surface area contributed by atoms with Crippen LogP contribution in [0.5, 0.6) is 0 Å². The fourth-order valence-corrected chi connectivity index (χ4v) is 4.01. The van der Waals surface area contributed by atoms with E-state index in [1.807, 2.05) is 6.92 Å². The minimum absolute atomic E-state index is 0. The van der Waals surface area contributed by atoms with E-state index < -0.39 is 10.0 Å². The molecule has 0 saturated carbocycles. The Balaban J connectivity index is 0.00000289. The molecule has 0 amide bonds. The summed E-state index contributed by atoms with van der Waals surface area (Å²) in [5.74, 6) is 0. The zero-order chi connectivity index (χ0) is 13.1. The average molecular weight is 378 g/mol. The minimum atomic E-state index is -3.60. The van der Waals surface area contributed by atoms with Crippen LogP contribution in [0.1, 0.15) is 13.3 Å². The Morgan fingerprint density at radius 2 is 2.11 bits per heavy atom. The van der Waals surface area contributed by atoms with Gasteiger partial charge in [-0.15, -0.1) is 12.4 Å². The van der Waals surface area contributed by atoms with Gasteiger partial charge >= 0.3 is 0 Å². The van der Waals surface area contributed by atoms with Crippen molar-refractivity contribution in [3.05, 3.63) is 27.7 Å². The Kier molecular flexibility index (Phi) is 7.73. The van der Waals surface area contributed by atoms with Crippen molar-refractivity contribution >= 4 is 50.0 Å². The van der Waals surface area contributed by atoms with Crippen molar-refractivity contribution in [2.75, 3.05) is 6.54 Å². The number of hydrogen-bond donors (Lipinski definition) is 2. The molecule has 8 heteroatoms. The van der Waals surface area contributed by atoms with Gasteiger partial charge in [-0.2, -0.15) is 0 Å². The van der Waals surface area contributed by atoms with E-state index in [4.69, 9.17) is 17.3 Å². The lowest BCUT2D eigenvalue weighted by atomic mass is 10.3. The lowest BCUT2D eigenvalue weighted by molar-refractivity contribution is 0.571. The Bertz CT molecular complexity index is 474. The second-order valence-electron chi connectivity index (χ2n) is 3.71. The van der Waals surface area contributed by atoms with Gasteiger partial charge in [0.25, 0.3) is 0 Å². The van der Waals surface area contributed by atoms with Gasteiger partial charge in [-0.25, -0.2) is 13.1 Å². The molecular weight excluding hydrogens is 363 g/mol. The van der Waals surface area contributed by atoms with Crippen LogP contribution >= 0.6 is 39.9 Å². The van der Waals surface area contributed by atoms with Gasteiger partial charge in [-0.1, -0.05) is 17.7 Å². The maximum absolute atomic E-state index is 12.0. The van der Waals surface area contributed by atoms with Gasteiger partial charge < -0.3 is 5.73 Å². The molecule has 0 aromatic heterocycles. The number of nitrogens with two attached hydrogens (primary N) is 1. The first-order valence-corrected chi connectivity index (χ1v) is 7.69. The van der Waals surface area contributed by atoms with Crippen LogP contribution in [-0.4, -0.2) is 21.0 Å². The van der Waals surface area contributed by atoms with Crippen molar-refractivity contribution in [1.29, 1.82) is 0 Å². The summed E-state index contributed by atoms with van der Waals surface area (Å²) in [7, 11) is -3.60. The number of benzene rings is 1. The predicted octanol–water partition coefficient (Wildman–Crippen LogP) is 2.54. The monoisotopic (exact) mass is 376 g/mol. The Morgan fingerprint density at radius 3 is 2.61 bits per heavy atom. The number of halogens is 3. The van der Waals surface area contributed by atoms with Crippen LogP contribution in [0.15, 0.2) is 27.6 Å². The van der Waals surface area contributed by atoms with Gasteiger partial charge in [0.05, 0.1) is 5.02 Å². The molecule has 1 aromatic carbocycles. The summed E-state index contributed by atoms with van der Waals surface area (Å²) in [5, 5.41) is 0.188. The van der Waals surface area contributed by atoms with Crippen molar-refractivity contribution in [2.45, 2.75) is 24.3 Å². The molecule has 1 unspecified atom stereocenters. The molecule has 0 aliphatic rings. The summed E-state index contributed by atoms with van der Waals surface area (Å²) >= 11 is 9.06. The van der Waals surface area contributed by atoms with Gasteiger partial charge in [0.15, 0.2) is 0 Å². The Morgan fingerprint density at radius 1 is 1.50 bits per heavy atom. The van der Waals surface area contributed by atoms with E-state index in [-0.39, 0.29) is 34.9 Å². The molecule has 104 valence electrons. The lowest BCUT2D eigenvalue weighted by Crippen LogP contribution is -2.29. The summed E-state index contributed by atoms with van der Waals surface area (Å²) in [5.41, 5.74) is 5.55. The highest BCUT2D eigenvalue weighted by Crippen LogP contribution is 2.28. The molecule has 18 heavy (non-hydrogen) atoms. The van der Waals surface area contributed by atoms with Crippen molar-refractivity contribution in [2.24, 2.45) is 5.73 Å². The third-order valence-electron chi connectivity index (χ3n) is 2.08. The lowest BCUT2D eigenvalue weighted by Gasteiger charge is -2.10. The topological polar surface area (TPSA) is 72.2 Å². The van der Waals surface area contributed by atoms with Crippen LogP contribution in [0, 0.1) is 0 Å². The van der Waals surface area contributed by atoms with E-state index in [9.17, 15) is 8.42 Å². The third kappa shape index (κ3) is 5.03. The molecule has 4 nitrogen and oxygen atoms in total. The molecule has 1 rings (SSSR count). The molecule has 0 radical (unpaired) electrons. The summed E-state index contributed by atoms with van der Waals surface area (Å²) in [6, 6.07) is 4.79. The molecule has 0 heterocycles. The van der Waals surface area contributed by atoms with Crippen LogP contribution < -0.4 is 10.5 Å². The summed E-state index contributed by atoms with van der Waals surface area (Å²) in [6.07, 6.45) is 0.571. The van der Waals surface area contributed by atoms with E-state index in [0.29, 0.717) is 10.9 Å². The normalized spacial score (nSPS) is 12.9. The largest absolute Gasteiger partial charge is 0.328 e. The third-order valence-corrected chi connectivity index (χ3v) is 4.99. The Labute approximate surface area is 127 Å². The van der Waals surface area contributed by atoms with Gasteiger partial charge in [-0.05, 0) is 41.4 Å². The zero-order valence-corrected chi connectivity index (χ0v) is 13.7. The molecule has 3 N–H and O–H groups in total. The number of nitrogens with one attached hydrogen (secondary N) is 1. The first-order chi connectivity index (χ1) is 7.84. The highest BCUT2D eigenvalue weighted by Gasteiger charge is 2.20. The van der Waals surface area contributed by atoms with Gasteiger partial charge in [0, 0.05) is 17.1 Å². The fraction of sp³-hybridized carbons (Fsp3) is 0.400. The molecule has 1 atom stereocenters. The summed E-state index contributed by atoms with van der Waals surface area (Å²) in [4.78, 5) is 0.0614. The highest BCUT2D eigenvalue weighted by molar-refractivity contribution is 9.10. The smallest absolute Gasteiger partial charge is 0.243 e. The van der Waals surface area contributed by atoms with Gasteiger partial charge in [0.2, 0.25) is 10.0 Å². The van der Waals surface area contributed by atoms with Crippen LogP contribution in [0.3, 0.4) is 0 Å². The molecule has 0 aliphatic carbocycles. The van der Waals surface area contributed by atoms with E-state index in [1.165, 1.54) is 6.07 Å². The van der Waals surface area contributed by atoms with Crippen LogP contribution in [-0.2, 0) is 10.0 Å². The standard InChI is InChI=1S/C10H14BrClN2O2S.ClH/c1-7(13)5-6-14-17(15,16)10-8(11)3-2-4-9(10)12;/h2-4,7,14H,5-6,13H2,1H3;1H. The summed E-state index contributed by atoms with van der Waals surface area (Å²) < 4.78 is 26.9. The quantitative estimate of drug-likeness (QED) is 0.828. The van der Waals surface area contributed by atoms with E-state index in [2.05, 4.69) is 20.7 Å². The first-order valence-electron chi connectivity index (χ1n) is 5.04. The molecule has 0 bridgehead atoms. The minimum Gasteiger partial charge on any atom is -0.328 e. The van der Waals surface area contributed by atoms with Crippen molar-refractivity contribution in [3.8, 4) is 0 Å². The van der Waals surface area contributed by atoms with Crippen molar-refractivity contribution in [1.82, 2.24) is 4.72 Å². The van der Waals surface area contributed by atoms with E-state index >= 15 is 0 Å². The van der Waals surface area contributed by atoms with E-state index in [1.54, 1.807) is 12.1 Å². The molecule has 0 fully saturated rings. The number of hydrogen-bond acceptors (Lipinski definition) is 3. The zero-order valence-electron chi connectivity index (χ0n) is 9.69. The second-order valence-corrected chi connectivity index (χ2v) is 6.68. The second kappa shape index (κ2) is 7.67. The fourth-order valence-electron chi connectivity index (χ4n) is 1.23. The van der Waals surface area contributed by atoms with Crippen molar-refractivity contribution < 1.29 is 8.42 Å². The van der Waals surface area contributed by atoms with Crippen LogP contribution in [0.25, 0.3) is 0 Å². The molecule has 0 spiro atoms. The van der Waals surface area contributed by atoms with Gasteiger partial charge in [-0.3, -0.25) is 0 Å². The summed E-state index contributed by atoms with van der Waals surface area (Å²) in [6.45, 7) is 2.11. The average Bonchev–Trinajstić information content (AvgIpc) is 2.15. The number of sulfonamides is 1. The maximum atomic E-state index is 12.0.